The van der Waals surface area contributed by atoms with Crippen LogP contribution in [-0.2, 0) is 6.42 Å². The largest absolute Gasteiger partial charge is 0.488 e. The summed E-state index contributed by atoms with van der Waals surface area (Å²) in [5.74, 6) is 2.21. The lowest BCUT2D eigenvalue weighted by atomic mass is 10.0. The smallest absolute Gasteiger partial charge is 0.171 e. The minimum absolute atomic E-state index is 0.426. The van der Waals surface area contributed by atoms with Gasteiger partial charge in [-0.2, -0.15) is 0 Å². The highest BCUT2D eigenvalue weighted by atomic mass is 32.1. The maximum atomic E-state index is 5.76. The van der Waals surface area contributed by atoms with Crippen molar-refractivity contribution >= 4 is 11.3 Å². The van der Waals surface area contributed by atoms with Crippen molar-refractivity contribution in [1.29, 1.82) is 0 Å². The van der Waals surface area contributed by atoms with Crippen LogP contribution in [0.15, 0.2) is 41.1 Å². The summed E-state index contributed by atoms with van der Waals surface area (Å²) in [7, 11) is 0. The van der Waals surface area contributed by atoms with E-state index in [-0.39, 0.29) is 0 Å². The molecule has 1 aromatic carbocycles. The molecule has 2 nitrogen and oxygen atoms in total. The van der Waals surface area contributed by atoms with Gasteiger partial charge in [0.1, 0.15) is 0 Å². The normalized spacial score (nSPS) is 15.5. The summed E-state index contributed by atoms with van der Waals surface area (Å²) in [4.78, 5) is 0. The molecule has 1 aromatic heterocycles. The van der Waals surface area contributed by atoms with Crippen molar-refractivity contribution in [2.24, 2.45) is 5.92 Å². The Morgan fingerprint density at radius 2 is 1.65 bits per heavy atom. The van der Waals surface area contributed by atoms with E-state index in [1.807, 2.05) is 16.8 Å². The number of hydrogen-bond acceptors (Lipinski definition) is 3. The Kier molecular flexibility index (Phi) is 3.01. The molecule has 0 radical (unpaired) electrons. The number of rotatable bonds is 2. The van der Waals surface area contributed by atoms with E-state index in [0.717, 1.165) is 31.1 Å². The molecular formula is C14H14O2S. The minimum atomic E-state index is 0.426. The molecule has 1 aliphatic rings. The maximum absolute atomic E-state index is 5.76. The van der Waals surface area contributed by atoms with E-state index >= 15 is 0 Å². The summed E-state index contributed by atoms with van der Waals surface area (Å²) >= 11 is 1.62. The Morgan fingerprint density at radius 1 is 1.00 bits per heavy atom. The molecular weight excluding hydrogens is 232 g/mol. The first-order chi connectivity index (χ1) is 8.42. The summed E-state index contributed by atoms with van der Waals surface area (Å²) in [6.07, 6.45) is 1.01. The predicted molar refractivity (Wildman–Crippen MR) is 68.9 cm³/mol. The van der Waals surface area contributed by atoms with Crippen LogP contribution in [0.2, 0.25) is 0 Å². The second-order valence-corrected chi connectivity index (χ2v) is 5.02. The first-order valence-corrected chi connectivity index (χ1v) is 6.72. The van der Waals surface area contributed by atoms with E-state index in [4.69, 9.17) is 9.47 Å². The van der Waals surface area contributed by atoms with Crippen LogP contribution < -0.4 is 9.47 Å². The van der Waals surface area contributed by atoms with Gasteiger partial charge in [0.2, 0.25) is 0 Å². The van der Waals surface area contributed by atoms with E-state index in [0.29, 0.717) is 5.92 Å². The van der Waals surface area contributed by atoms with Gasteiger partial charge in [0.25, 0.3) is 0 Å². The predicted octanol–water partition coefficient (Wildman–Crippen LogP) is 3.38. The molecule has 0 unspecified atom stereocenters. The third kappa shape index (κ3) is 2.44. The highest BCUT2D eigenvalue weighted by molar-refractivity contribution is 7.08. The lowest BCUT2D eigenvalue weighted by Gasteiger charge is -2.13. The van der Waals surface area contributed by atoms with Crippen molar-refractivity contribution in [3.05, 3.63) is 46.7 Å². The van der Waals surface area contributed by atoms with Crippen molar-refractivity contribution < 1.29 is 9.47 Å². The zero-order valence-corrected chi connectivity index (χ0v) is 10.3. The second-order valence-electron chi connectivity index (χ2n) is 4.28. The van der Waals surface area contributed by atoms with Crippen molar-refractivity contribution in [3.63, 3.8) is 0 Å². The summed E-state index contributed by atoms with van der Waals surface area (Å²) in [6, 6.07) is 10.5. The highest BCUT2D eigenvalue weighted by Gasteiger charge is 2.19. The Morgan fingerprint density at radius 3 is 2.29 bits per heavy atom. The quantitative estimate of drug-likeness (QED) is 0.808. The molecule has 0 aliphatic carbocycles. The monoisotopic (exact) mass is 246 g/mol. The van der Waals surface area contributed by atoms with E-state index in [1.165, 1.54) is 5.56 Å². The molecule has 1 aliphatic heterocycles. The van der Waals surface area contributed by atoms with E-state index in [9.17, 15) is 0 Å². The average molecular weight is 246 g/mol. The standard InChI is InChI=1S/C14H14O2S/c1-2-4-11(5-3-1)6-12-7-15-13-9-17-10-14(13)16-8-12/h1-5,9-10,12H,6-8H2. The fourth-order valence-corrected chi connectivity index (χ4v) is 2.70. The maximum Gasteiger partial charge on any atom is 0.171 e. The molecule has 0 bridgehead atoms. The van der Waals surface area contributed by atoms with Crippen molar-refractivity contribution in [2.45, 2.75) is 6.42 Å². The molecule has 17 heavy (non-hydrogen) atoms. The van der Waals surface area contributed by atoms with Gasteiger partial charge < -0.3 is 9.47 Å². The van der Waals surface area contributed by atoms with Gasteiger partial charge >= 0.3 is 0 Å². The Hall–Kier alpha value is -1.48. The molecule has 2 aromatic rings. The molecule has 3 rings (SSSR count). The molecule has 0 fully saturated rings. The second kappa shape index (κ2) is 4.80. The van der Waals surface area contributed by atoms with Crippen LogP contribution in [-0.4, -0.2) is 13.2 Å². The number of hydrogen-bond donors (Lipinski definition) is 0. The summed E-state index contributed by atoms with van der Waals surface area (Å²) in [5.41, 5.74) is 1.34. The lowest BCUT2D eigenvalue weighted by molar-refractivity contribution is 0.213. The van der Waals surface area contributed by atoms with Crippen LogP contribution in [0.3, 0.4) is 0 Å². The van der Waals surface area contributed by atoms with Gasteiger partial charge in [0, 0.05) is 16.7 Å². The van der Waals surface area contributed by atoms with Crippen molar-refractivity contribution in [2.75, 3.05) is 13.2 Å². The number of ether oxygens (including phenoxy) is 2. The molecule has 88 valence electrons. The number of fused-ring (bicyclic) bond motifs is 1. The molecule has 3 heteroatoms. The van der Waals surface area contributed by atoms with Gasteiger partial charge in [0.05, 0.1) is 13.2 Å². The van der Waals surface area contributed by atoms with E-state index < -0.39 is 0 Å². The number of benzene rings is 1. The first-order valence-electron chi connectivity index (χ1n) is 5.77. The molecule has 0 N–H and O–H groups in total. The lowest BCUT2D eigenvalue weighted by Crippen LogP contribution is -2.19. The fraction of sp³-hybridized carbons (Fsp3) is 0.286. The van der Waals surface area contributed by atoms with Crippen molar-refractivity contribution in [1.82, 2.24) is 0 Å². The highest BCUT2D eigenvalue weighted by Crippen LogP contribution is 2.34. The van der Waals surface area contributed by atoms with E-state index in [1.54, 1.807) is 11.3 Å². The Balaban J connectivity index is 1.66. The zero-order valence-electron chi connectivity index (χ0n) is 9.46. The molecule has 0 saturated heterocycles. The zero-order chi connectivity index (χ0) is 11.5. The van der Waals surface area contributed by atoms with Gasteiger partial charge in [-0.25, -0.2) is 0 Å². The summed E-state index contributed by atoms with van der Waals surface area (Å²) in [5, 5.41) is 4.00. The van der Waals surface area contributed by atoms with Crippen LogP contribution in [0.25, 0.3) is 0 Å². The van der Waals surface area contributed by atoms with Crippen LogP contribution in [0.4, 0.5) is 0 Å². The Bertz CT molecular complexity index is 455. The SMILES string of the molecule is c1ccc(CC2COc3cscc3OC2)cc1. The van der Waals surface area contributed by atoms with Crippen LogP contribution in [0.5, 0.6) is 11.5 Å². The third-order valence-corrected chi connectivity index (χ3v) is 3.61. The minimum Gasteiger partial charge on any atom is -0.488 e. The van der Waals surface area contributed by atoms with Crippen LogP contribution in [0, 0.1) is 5.92 Å². The number of thiophene rings is 1. The third-order valence-electron chi connectivity index (χ3n) is 2.91. The molecule has 2 heterocycles. The van der Waals surface area contributed by atoms with Gasteiger partial charge in [-0.1, -0.05) is 30.3 Å². The molecule has 0 atom stereocenters. The van der Waals surface area contributed by atoms with Crippen molar-refractivity contribution in [3.8, 4) is 11.5 Å². The van der Waals surface area contributed by atoms with Crippen LogP contribution in [0.1, 0.15) is 5.56 Å². The van der Waals surface area contributed by atoms with E-state index in [2.05, 4.69) is 24.3 Å². The Labute approximate surface area is 105 Å². The molecule has 0 saturated carbocycles. The average Bonchev–Trinajstić information content (AvgIpc) is 2.74. The summed E-state index contributed by atoms with van der Waals surface area (Å²) in [6.45, 7) is 1.47. The molecule has 0 amide bonds. The first kappa shape index (κ1) is 10.7. The molecule has 0 spiro atoms. The van der Waals surface area contributed by atoms with Gasteiger partial charge in [0.15, 0.2) is 11.5 Å². The summed E-state index contributed by atoms with van der Waals surface area (Å²) < 4.78 is 11.5. The fourth-order valence-electron chi connectivity index (χ4n) is 2.01. The van der Waals surface area contributed by atoms with Crippen LogP contribution >= 0.6 is 11.3 Å². The van der Waals surface area contributed by atoms with Gasteiger partial charge in [-0.3, -0.25) is 0 Å². The van der Waals surface area contributed by atoms with Gasteiger partial charge in [-0.05, 0) is 12.0 Å². The topological polar surface area (TPSA) is 18.5 Å². The van der Waals surface area contributed by atoms with Gasteiger partial charge in [-0.15, -0.1) is 11.3 Å².